The highest BCUT2D eigenvalue weighted by Crippen LogP contribution is 2.25. The van der Waals surface area contributed by atoms with Gasteiger partial charge in [-0.1, -0.05) is 47.6 Å². The van der Waals surface area contributed by atoms with Crippen molar-refractivity contribution in [2.45, 2.75) is 20.0 Å². The van der Waals surface area contributed by atoms with Crippen molar-refractivity contribution in [3.63, 3.8) is 0 Å². The number of nitrogens with two attached hydrogens (primary N) is 1. The van der Waals surface area contributed by atoms with Gasteiger partial charge >= 0.3 is 0 Å². The number of para-hydroxylation sites is 1. The first-order chi connectivity index (χ1) is 13.7. The van der Waals surface area contributed by atoms with Gasteiger partial charge < -0.3 is 15.0 Å². The van der Waals surface area contributed by atoms with Crippen LogP contribution >= 0.6 is 0 Å². The largest absolute Gasteiger partial charge is 0.489 e. The molecule has 2 heterocycles. The molecule has 0 radical (unpaired) electrons. The summed E-state index contributed by atoms with van der Waals surface area (Å²) in [7, 11) is 0. The molecule has 0 aliphatic rings. The van der Waals surface area contributed by atoms with Crippen LogP contribution in [0.3, 0.4) is 0 Å². The lowest BCUT2D eigenvalue weighted by molar-refractivity contribution is 0.306. The monoisotopic (exact) mass is 371 g/mol. The van der Waals surface area contributed by atoms with Crippen LogP contribution in [0.1, 0.15) is 22.5 Å². The summed E-state index contributed by atoms with van der Waals surface area (Å²) in [4.78, 5) is 4.27. The zero-order chi connectivity index (χ0) is 19.3. The predicted octanol–water partition coefficient (Wildman–Crippen LogP) is 4.80. The molecular weight excluding hydrogens is 350 g/mol. The minimum Gasteiger partial charge on any atom is -0.489 e. The van der Waals surface area contributed by atoms with E-state index in [1.54, 1.807) is 6.07 Å². The van der Waals surface area contributed by atoms with E-state index < -0.39 is 0 Å². The third-order valence-electron chi connectivity index (χ3n) is 4.49. The molecule has 5 nitrogen and oxygen atoms in total. The number of ether oxygens (including phenoxy) is 1. The van der Waals surface area contributed by atoms with Crippen molar-refractivity contribution in [1.82, 2.24) is 10.1 Å². The van der Waals surface area contributed by atoms with Gasteiger partial charge in [0.1, 0.15) is 18.2 Å². The maximum Gasteiger partial charge on any atom is 0.168 e. The summed E-state index contributed by atoms with van der Waals surface area (Å²) in [6.45, 7) is 2.45. The molecule has 0 saturated carbocycles. The molecule has 0 bridgehead atoms. The maximum atomic E-state index is 5.78. The molecule has 0 aliphatic heterocycles. The van der Waals surface area contributed by atoms with Gasteiger partial charge in [0.05, 0.1) is 11.4 Å². The molecule has 0 spiro atoms. The molecule has 28 heavy (non-hydrogen) atoms. The minimum absolute atomic E-state index is 0.498. The zero-order valence-electron chi connectivity index (χ0n) is 15.6. The van der Waals surface area contributed by atoms with Gasteiger partial charge in [-0.25, -0.2) is 4.98 Å². The number of hydrogen-bond donors (Lipinski definition) is 1. The summed E-state index contributed by atoms with van der Waals surface area (Å²) in [5, 5.41) is 4.19. The van der Waals surface area contributed by atoms with Crippen LogP contribution in [0.2, 0.25) is 0 Å². The molecule has 140 valence electrons. The number of aryl methyl sites for hydroxylation is 1. The van der Waals surface area contributed by atoms with Crippen LogP contribution < -0.4 is 10.5 Å². The van der Waals surface area contributed by atoms with Crippen LogP contribution in [0.15, 0.2) is 77.3 Å². The van der Waals surface area contributed by atoms with Crippen LogP contribution in [-0.4, -0.2) is 10.1 Å². The zero-order valence-corrected chi connectivity index (χ0v) is 15.6. The van der Waals surface area contributed by atoms with E-state index in [-0.39, 0.29) is 0 Å². The van der Waals surface area contributed by atoms with Gasteiger partial charge in [0.25, 0.3) is 0 Å². The minimum atomic E-state index is 0.498. The number of pyridine rings is 1. The Labute approximate surface area is 163 Å². The quantitative estimate of drug-likeness (QED) is 0.527. The maximum absolute atomic E-state index is 5.78. The Morgan fingerprint density at radius 1 is 0.929 bits per heavy atom. The van der Waals surface area contributed by atoms with Crippen molar-refractivity contribution in [2.24, 2.45) is 0 Å². The van der Waals surface area contributed by atoms with Crippen molar-refractivity contribution in [1.29, 1.82) is 0 Å². The molecule has 2 N–H and O–H groups in total. The number of nitrogens with zero attached hydrogens (tertiary/aromatic N) is 2. The van der Waals surface area contributed by atoms with Crippen LogP contribution in [0, 0.1) is 6.92 Å². The van der Waals surface area contributed by atoms with Gasteiger partial charge in [-0.05, 0) is 42.3 Å². The lowest BCUT2D eigenvalue weighted by atomic mass is 10.1. The second-order valence-electron chi connectivity index (χ2n) is 6.65. The third-order valence-corrected chi connectivity index (χ3v) is 4.49. The molecule has 0 aliphatic carbocycles. The predicted molar refractivity (Wildman–Crippen MR) is 109 cm³/mol. The lowest BCUT2D eigenvalue weighted by Gasteiger charge is -2.06. The number of benzene rings is 2. The van der Waals surface area contributed by atoms with E-state index in [4.69, 9.17) is 15.0 Å². The second-order valence-corrected chi connectivity index (χ2v) is 6.65. The van der Waals surface area contributed by atoms with Gasteiger partial charge in [0, 0.05) is 18.1 Å². The molecule has 4 aromatic rings. The van der Waals surface area contributed by atoms with E-state index in [0.717, 1.165) is 33.8 Å². The number of aromatic nitrogens is 2. The highest BCUT2D eigenvalue weighted by molar-refractivity contribution is 5.61. The Morgan fingerprint density at radius 2 is 1.68 bits per heavy atom. The fourth-order valence-electron chi connectivity index (χ4n) is 3.01. The van der Waals surface area contributed by atoms with Gasteiger partial charge in [-0.15, -0.1) is 0 Å². The van der Waals surface area contributed by atoms with Gasteiger partial charge in [-0.2, -0.15) is 0 Å². The summed E-state index contributed by atoms with van der Waals surface area (Å²) >= 11 is 0. The smallest absolute Gasteiger partial charge is 0.168 e. The summed E-state index contributed by atoms with van der Waals surface area (Å²) in [5.41, 5.74) is 10.6. The molecule has 0 amide bonds. The fourth-order valence-corrected chi connectivity index (χ4v) is 3.01. The molecule has 4 rings (SSSR count). The van der Waals surface area contributed by atoms with E-state index in [0.29, 0.717) is 24.6 Å². The Morgan fingerprint density at radius 3 is 2.43 bits per heavy atom. The van der Waals surface area contributed by atoms with Crippen LogP contribution in [0.5, 0.6) is 5.75 Å². The second kappa shape index (κ2) is 7.96. The average Bonchev–Trinajstić information content (AvgIpc) is 3.16. The molecule has 0 unspecified atom stereocenters. The molecule has 2 aromatic heterocycles. The number of hydrogen-bond acceptors (Lipinski definition) is 5. The lowest BCUT2D eigenvalue weighted by Crippen LogP contribution is -1.96. The topological polar surface area (TPSA) is 74.2 Å². The Bertz CT molecular complexity index is 1060. The normalized spacial score (nSPS) is 10.8. The van der Waals surface area contributed by atoms with E-state index in [2.05, 4.69) is 34.4 Å². The van der Waals surface area contributed by atoms with Gasteiger partial charge in [-0.3, -0.25) is 0 Å². The highest BCUT2D eigenvalue weighted by atomic mass is 16.5. The summed E-state index contributed by atoms with van der Waals surface area (Å²) in [5.74, 6) is 2.07. The molecule has 0 fully saturated rings. The highest BCUT2D eigenvalue weighted by Gasteiger charge is 2.11. The number of nitrogen functional groups attached to an aromatic ring is 1. The molecule has 2 aromatic carbocycles. The molecular formula is C23H21N3O2. The van der Waals surface area contributed by atoms with E-state index in [1.165, 1.54) is 0 Å². The summed E-state index contributed by atoms with van der Waals surface area (Å²) < 4.78 is 11.3. The van der Waals surface area contributed by atoms with Crippen molar-refractivity contribution < 1.29 is 9.26 Å². The van der Waals surface area contributed by atoms with Crippen molar-refractivity contribution in [3.8, 4) is 17.1 Å². The third kappa shape index (κ3) is 4.20. The van der Waals surface area contributed by atoms with E-state index in [1.807, 2.05) is 49.4 Å². The van der Waals surface area contributed by atoms with Gasteiger partial charge in [0.15, 0.2) is 5.76 Å². The Kier molecular flexibility index (Phi) is 5.06. The number of rotatable bonds is 6. The molecule has 5 heteroatoms. The Balaban J connectivity index is 1.40. The van der Waals surface area contributed by atoms with Gasteiger partial charge in [0.2, 0.25) is 0 Å². The first-order valence-electron chi connectivity index (χ1n) is 9.12. The number of anilines is 1. The van der Waals surface area contributed by atoms with Crippen molar-refractivity contribution in [3.05, 3.63) is 95.3 Å². The van der Waals surface area contributed by atoms with E-state index >= 15 is 0 Å². The van der Waals surface area contributed by atoms with Crippen molar-refractivity contribution in [2.75, 3.05) is 5.73 Å². The first kappa shape index (κ1) is 17.8. The standard InChI is InChI=1S/C23H21N3O2/c1-16-21(11-12-23(24)25-16)22-14-19(26-28-22)13-17-7-9-18(10-8-17)15-27-20-5-3-2-4-6-20/h2-12,14H,13,15H2,1H3,(H2,24,25). The molecule has 0 saturated heterocycles. The summed E-state index contributed by atoms with van der Waals surface area (Å²) in [6, 6.07) is 23.8. The average molecular weight is 371 g/mol. The fraction of sp³-hybridized carbons (Fsp3) is 0.130. The Hall–Kier alpha value is -3.60. The van der Waals surface area contributed by atoms with Crippen LogP contribution in [0.25, 0.3) is 11.3 Å². The SMILES string of the molecule is Cc1nc(N)ccc1-c1cc(Cc2ccc(COc3ccccc3)cc2)no1. The van der Waals surface area contributed by atoms with Crippen LogP contribution in [-0.2, 0) is 13.0 Å². The van der Waals surface area contributed by atoms with E-state index in [9.17, 15) is 0 Å². The van der Waals surface area contributed by atoms with Crippen LogP contribution in [0.4, 0.5) is 5.82 Å². The first-order valence-corrected chi connectivity index (χ1v) is 9.12. The van der Waals surface area contributed by atoms with Crippen molar-refractivity contribution >= 4 is 5.82 Å². The molecule has 0 atom stereocenters. The summed E-state index contributed by atoms with van der Waals surface area (Å²) in [6.07, 6.45) is 0.699.